The summed E-state index contributed by atoms with van der Waals surface area (Å²) in [7, 11) is 0. The molecule has 1 aromatic heterocycles. The first-order valence-electron chi connectivity index (χ1n) is 4.45. The average molecular weight is 283 g/mol. The van der Waals surface area contributed by atoms with Gasteiger partial charge in [-0.25, -0.2) is 4.98 Å². The molecule has 2 aromatic rings. The summed E-state index contributed by atoms with van der Waals surface area (Å²) in [6.45, 7) is 1.78. The summed E-state index contributed by atoms with van der Waals surface area (Å²) in [4.78, 5) is 14.2. The van der Waals surface area contributed by atoms with E-state index in [4.69, 9.17) is 4.42 Å². The number of nitro benzene ring substituents is 1. The Morgan fingerprint density at radius 2 is 2.00 bits per heavy atom. The Morgan fingerprint density at radius 1 is 1.38 bits per heavy atom. The Kier molecular flexibility index (Phi) is 2.74. The van der Waals surface area contributed by atoms with Crippen molar-refractivity contribution in [1.29, 1.82) is 0 Å². The summed E-state index contributed by atoms with van der Waals surface area (Å²) in [6.07, 6.45) is 0. The second-order valence-corrected chi connectivity index (χ2v) is 3.92. The van der Waals surface area contributed by atoms with Gasteiger partial charge < -0.3 is 4.42 Å². The molecule has 0 saturated heterocycles. The Bertz CT molecular complexity index is 514. The van der Waals surface area contributed by atoms with Crippen LogP contribution in [0, 0.1) is 17.0 Å². The normalized spacial score (nSPS) is 10.4. The maximum atomic E-state index is 10.5. The lowest BCUT2D eigenvalue weighted by molar-refractivity contribution is -0.384. The molecule has 1 aromatic carbocycles. The Hall–Kier alpha value is -1.69. The standard InChI is InChI=1S/C10H7BrN2O3/c1-6-9(11)12-10(16-6)7-2-4-8(5-3-7)13(14)15/h2-5H,1H3. The summed E-state index contributed by atoms with van der Waals surface area (Å²) < 4.78 is 6.01. The topological polar surface area (TPSA) is 69.2 Å². The van der Waals surface area contributed by atoms with Gasteiger partial charge in [0.15, 0.2) is 0 Å². The fourth-order valence-corrected chi connectivity index (χ4v) is 1.47. The first-order valence-corrected chi connectivity index (χ1v) is 5.25. The van der Waals surface area contributed by atoms with E-state index in [1.807, 2.05) is 0 Å². The van der Waals surface area contributed by atoms with Crippen LogP contribution in [0.15, 0.2) is 33.3 Å². The highest BCUT2D eigenvalue weighted by Crippen LogP contribution is 2.26. The second kappa shape index (κ2) is 4.05. The Balaban J connectivity index is 2.38. The number of aromatic nitrogens is 1. The van der Waals surface area contributed by atoms with Gasteiger partial charge in [-0.15, -0.1) is 0 Å². The van der Waals surface area contributed by atoms with Crippen molar-refractivity contribution in [3.05, 3.63) is 44.7 Å². The van der Waals surface area contributed by atoms with Gasteiger partial charge in [0.25, 0.3) is 5.69 Å². The summed E-state index contributed by atoms with van der Waals surface area (Å²) >= 11 is 3.24. The monoisotopic (exact) mass is 282 g/mol. The predicted octanol–water partition coefficient (Wildman–Crippen LogP) is 3.32. The van der Waals surface area contributed by atoms with Crippen LogP contribution in [0.1, 0.15) is 5.76 Å². The van der Waals surface area contributed by atoms with Gasteiger partial charge in [-0.1, -0.05) is 0 Å². The van der Waals surface area contributed by atoms with Gasteiger partial charge in [0.05, 0.1) is 4.92 Å². The highest BCUT2D eigenvalue weighted by Gasteiger charge is 2.11. The maximum absolute atomic E-state index is 10.5. The van der Waals surface area contributed by atoms with E-state index in [9.17, 15) is 10.1 Å². The van der Waals surface area contributed by atoms with E-state index in [0.29, 0.717) is 21.8 Å². The Labute approximate surface area is 99.4 Å². The lowest BCUT2D eigenvalue weighted by Crippen LogP contribution is -1.87. The first kappa shape index (κ1) is 10.8. The molecule has 0 spiro atoms. The van der Waals surface area contributed by atoms with Gasteiger partial charge in [-0.3, -0.25) is 10.1 Å². The third kappa shape index (κ3) is 1.96. The van der Waals surface area contributed by atoms with Crippen molar-refractivity contribution in [2.45, 2.75) is 6.92 Å². The molecule has 0 unspecified atom stereocenters. The van der Waals surface area contributed by atoms with E-state index in [1.54, 1.807) is 19.1 Å². The number of oxazole rings is 1. The fourth-order valence-electron chi connectivity index (χ4n) is 1.23. The van der Waals surface area contributed by atoms with Gasteiger partial charge in [-0.05, 0) is 35.0 Å². The number of rotatable bonds is 2. The van der Waals surface area contributed by atoms with E-state index in [-0.39, 0.29) is 5.69 Å². The molecule has 16 heavy (non-hydrogen) atoms. The third-order valence-corrected chi connectivity index (χ3v) is 2.80. The summed E-state index contributed by atoms with van der Waals surface area (Å²) in [5, 5.41) is 10.5. The summed E-state index contributed by atoms with van der Waals surface area (Å²) in [5.74, 6) is 1.12. The average Bonchev–Trinajstić information content (AvgIpc) is 2.59. The van der Waals surface area contributed by atoms with E-state index >= 15 is 0 Å². The molecule has 0 aliphatic heterocycles. The minimum atomic E-state index is -0.444. The summed E-state index contributed by atoms with van der Waals surface area (Å²) in [5.41, 5.74) is 0.755. The van der Waals surface area contributed by atoms with Crippen molar-refractivity contribution in [2.75, 3.05) is 0 Å². The maximum Gasteiger partial charge on any atom is 0.269 e. The van der Waals surface area contributed by atoms with Gasteiger partial charge >= 0.3 is 0 Å². The second-order valence-electron chi connectivity index (χ2n) is 3.17. The Morgan fingerprint density at radius 3 is 2.44 bits per heavy atom. The molecule has 0 aliphatic rings. The van der Waals surface area contributed by atoms with E-state index in [1.165, 1.54) is 12.1 Å². The van der Waals surface area contributed by atoms with E-state index < -0.39 is 4.92 Å². The number of nitro groups is 1. The van der Waals surface area contributed by atoms with Crippen molar-refractivity contribution in [2.24, 2.45) is 0 Å². The van der Waals surface area contributed by atoms with Crippen LogP contribution in [0.2, 0.25) is 0 Å². The zero-order valence-electron chi connectivity index (χ0n) is 8.31. The molecule has 0 bridgehead atoms. The molecule has 5 nitrogen and oxygen atoms in total. The molecule has 2 rings (SSSR count). The van der Waals surface area contributed by atoms with Crippen molar-refractivity contribution in [3.8, 4) is 11.5 Å². The molecule has 82 valence electrons. The van der Waals surface area contributed by atoms with Crippen LogP contribution in [0.3, 0.4) is 0 Å². The van der Waals surface area contributed by atoms with Crippen LogP contribution in [-0.4, -0.2) is 9.91 Å². The van der Waals surface area contributed by atoms with Gasteiger partial charge in [0.1, 0.15) is 10.4 Å². The van der Waals surface area contributed by atoms with Crippen LogP contribution >= 0.6 is 15.9 Å². The lowest BCUT2D eigenvalue weighted by atomic mass is 10.2. The largest absolute Gasteiger partial charge is 0.440 e. The molecule has 0 saturated carbocycles. The number of non-ortho nitro benzene ring substituents is 1. The lowest BCUT2D eigenvalue weighted by Gasteiger charge is -1.94. The zero-order valence-corrected chi connectivity index (χ0v) is 9.89. The van der Waals surface area contributed by atoms with Gasteiger partial charge in [0, 0.05) is 17.7 Å². The predicted molar refractivity (Wildman–Crippen MR) is 61.0 cm³/mol. The third-order valence-electron chi connectivity index (χ3n) is 2.07. The van der Waals surface area contributed by atoms with Gasteiger partial charge in [-0.2, -0.15) is 0 Å². The SMILES string of the molecule is Cc1oc(-c2ccc([N+](=O)[O-])cc2)nc1Br. The molecule has 0 radical (unpaired) electrons. The van der Waals surface area contributed by atoms with Crippen LogP contribution < -0.4 is 0 Å². The number of halogens is 1. The van der Waals surface area contributed by atoms with Crippen LogP contribution in [-0.2, 0) is 0 Å². The zero-order chi connectivity index (χ0) is 11.7. The number of benzene rings is 1. The highest BCUT2D eigenvalue weighted by atomic mass is 79.9. The highest BCUT2D eigenvalue weighted by molar-refractivity contribution is 9.10. The molecular formula is C10H7BrN2O3. The van der Waals surface area contributed by atoms with Crippen LogP contribution in [0.4, 0.5) is 5.69 Å². The van der Waals surface area contributed by atoms with E-state index in [2.05, 4.69) is 20.9 Å². The molecule has 0 atom stereocenters. The number of hydrogen-bond donors (Lipinski definition) is 0. The first-order chi connectivity index (χ1) is 7.58. The van der Waals surface area contributed by atoms with Crippen molar-refractivity contribution in [3.63, 3.8) is 0 Å². The molecule has 0 aliphatic carbocycles. The fraction of sp³-hybridized carbons (Fsp3) is 0.100. The smallest absolute Gasteiger partial charge is 0.269 e. The minimum Gasteiger partial charge on any atom is -0.440 e. The number of hydrogen-bond acceptors (Lipinski definition) is 4. The van der Waals surface area contributed by atoms with Crippen LogP contribution in [0.25, 0.3) is 11.5 Å². The van der Waals surface area contributed by atoms with Crippen molar-refractivity contribution < 1.29 is 9.34 Å². The van der Waals surface area contributed by atoms with Crippen molar-refractivity contribution >= 4 is 21.6 Å². The number of aryl methyl sites for hydroxylation is 1. The minimum absolute atomic E-state index is 0.0473. The van der Waals surface area contributed by atoms with Crippen LogP contribution in [0.5, 0.6) is 0 Å². The number of nitrogens with zero attached hydrogens (tertiary/aromatic N) is 2. The molecule has 6 heteroatoms. The molecule has 0 fully saturated rings. The summed E-state index contributed by atoms with van der Waals surface area (Å²) in [6, 6.07) is 6.05. The molecule has 0 N–H and O–H groups in total. The quantitative estimate of drug-likeness (QED) is 0.626. The van der Waals surface area contributed by atoms with Gasteiger partial charge in [0.2, 0.25) is 5.89 Å². The molecular weight excluding hydrogens is 276 g/mol. The van der Waals surface area contributed by atoms with E-state index in [0.717, 1.165) is 0 Å². The van der Waals surface area contributed by atoms with Crippen molar-refractivity contribution in [1.82, 2.24) is 4.98 Å². The molecule has 0 amide bonds. The molecule has 1 heterocycles.